The Morgan fingerprint density at radius 1 is 1.28 bits per heavy atom. The van der Waals surface area contributed by atoms with Gasteiger partial charge in [-0.1, -0.05) is 32.1 Å². The summed E-state index contributed by atoms with van der Waals surface area (Å²) in [6.07, 6.45) is 4.73. The van der Waals surface area contributed by atoms with E-state index in [1.54, 1.807) is 0 Å². The summed E-state index contributed by atoms with van der Waals surface area (Å²) in [6, 6.07) is 3.73. The average Bonchev–Trinajstić information content (AvgIpc) is 2.26. The van der Waals surface area contributed by atoms with Gasteiger partial charge in [0.25, 0.3) is 0 Å². The summed E-state index contributed by atoms with van der Waals surface area (Å²) < 4.78 is 26.1. The van der Waals surface area contributed by atoms with Gasteiger partial charge < -0.3 is 5.32 Å². The van der Waals surface area contributed by atoms with Crippen molar-refractivity contribution in [2.24, 2.45) is 5.41 Å². The van der Waals surface area contributed by atoms with Crippen LogP contribution in [0.2, 0.25) is 0 Å². The summed E-state index contributed by atoms with van der Waals surface area (Å²) in [5, 5.41) is 3.29. The molecule has 0 fully saturated rings. The Balaban J connectivity index is 2.38. The van der Waals surface area contributed by atoms with Crippen molar-refractivity contribution in [2.75, 3.05) is 13.1 Å². The maximum absolute atomic E-state index is 13.4. The van der Waals surface area contributed by atoms with Gasteiger partial charge in [-0.25, -0.2) is 8.78 Å². The Kier molecular flexibility index (Phi) is 5.48. The molecule has 0 aromatic heterocycles. The lowest BCUT2D eigenvalue weighted by molar-refractivity contribution is 0.433. The fraction of sp³-hybridized carbons (Fsp3) is 0.467. The van der Waals surface area contributed by atoms with Crippen molar-refractivity contribution in [1.82, 2.24) is 5.32 Å². The molecule has 1 aromatic carbocycles. The standard InChI is InChI=1S/C15H21F2N/c1-4-8-15(2,3)11-18-9-7-12-5-6-13(16)10-14(12)17/h4-6,8,10,18H,7,9,11H2,1-3H3. The van der Waals surface area contributed by atoms with Gasteiger partial charge in [-0.05, 0) is 36.9 Å². The predicted molar refractivity (Wildman–Crippen MR) is 71.5 cm³/mol. The van der Waals surface area contributed by atoms with Crippen molar-refractivity contribution in [1.29, 1.82) is 0 Å². The van der Waals surface area contributed by atoms with Gasteiger partial charge in [0.15, 0.2) is 0 Å². The van der Waals surface area contributed by atoms with Crippen LogP contribution in [0.1, 0.15) is 26.3 Å². The smallest absolute Gasteiger partial charge is 0.129 e. The fourth-order valence-corrected chi connectivity index (χ4v) is 1.87. The SMILES string of the molecule is CC=CC(C)(C)CNCCc1ccc(F)cc1F. The Morgan fingerprint density at radius 3 is 2.61 bits per heavy atom. The lowest BCUT2D eigenvalue weighted by Gasteiger charge is -2.20. The van der Waals surface area contributed by atoms with Crippen molar-refractivity contribution in [3.63, 3.8) is 0 Å². The van der Waals surface area contributed by atoms with Crippen LogP contribution in [0.3, 0.4) is 0 Å². The molecule has 100 valence electrons. The number of nitrogens with one attached hydrogen (secondary N) is 1. The molecule has 0 unspecified atom stereocenters. The number of hydrogen-bond donors (Lipinski definition) is 1. The molecule has 0 aliphatic carbocycles. The van der Waals surface area contributed by atoms with Crippen LogP contribution in [0.15, 0.2) is 30.4 Å². The number of allylic oxidation sites excluding steroid dienone is 1. The van der Waals surface area contributed by atoms with E-state index in [1.807, 2.05) is 13.0 Å². The van der Waals surface area contributed by atoms with E-state index in [9.17, 15) is 8.78 Å². The van der Waals surface area contributed by atoms with Gasteiger partial charge in [0, 0.05) is 12.6 Å². The molecule has 1 rings (SSSR count). The molecule has 0 bridgehead atoms. The third kappa shape index (κ3) is 4.96. The minimum atomic E-state index is -0.529. The van der Waals surface area contributed by atoms with Gasteiger partial charge >= 0.3 is 0 Å². The molecule has 1 aromatic rings. The third-order valence-electron chi connectivity index (χ3n) is 2.78. The first-order chi connectivity index (χ1) is 8.44. The van der Waals surface area contributed by atoms with E-state index in [0.717, 1.165) is 12.6 Å². The Hall–Kier alpha value is -1.22. The van der Waals surface area contributed by atoms with E-state index in [4.69, 9.17) is 0 Å². The van der Waals surface area contributed by atoms with Crippen molar-refractivity contribution in [2.45, 2.75) is 27.2 Å². The highest BCUT2D eigenvalue weighted by Gasteiger charge is 2.12. The van der Waals surface area contributed by atoms with Crippen molar-refractivity contribution in [3.05, 3.63) is 47.5 Å². The molecule has 0 amide bonds. The highest BCUT2D eigenvalue weighted by molar-refractivity contribution is 5.18. The Morgan fingerprint density at radius 2 is 2.00 bits per heavy atom. The molecular weight excluding hydrogens is 232 g/mol. The zero-order chi connectivity index (χ0) is 13.6. The highest BCUT2D eigenvalue weighted by Crippen LogP contribution is 2.15. The highest BCUT2D eigenvalue weighted by atomic mass is 19.1. The third-order valence-corrected chi connectivity index (χ3v) is 2.78. The second kappa shape index (κ2) is 6.64. The molecule has 0 radical (unpaired) electrons. The lowest BCUT2D eigenvalue weighted by atomic mass is 9.93. The topological polar surface area (TPSA) is 12.0 Å². The summed E-state index contributed by atoms with van der Waals surface area (Å²) >= 11 is 0. The molecule has 3 heteroatoms. The van der Waals surface area contributed by atoms with Gasteiger partial charge in [-0.2, -0.15) is 0 Å². The molecular formula is C15H21F2N. The van der Waals surface area contributed by atoms with E-state index in [1.165, 1.54) is 12.1 Å². The number of benzene rings is 1. The van der Waals surface area contributed by atoms with E-state index < -0.39 is 11.6 Å². The Labute approximate surface area is 108 Å². The summed E-state index contributed by atoms with van der Waals surface area (Å²) in [4.78, 5) is 0. The van der Waals surface area contributed by atoms with E-state index >= 15 is 0 Å². The molecule has 0 aliphatic heterocycles. The van der Waals surface area contributed by atoms with E-state index in [0.29, 0.717) is 18.5 Å². The second-order valence-electron chi connectivity index (χ2n) is 5.15. The normalized spacial score (nSPS) is 12.3. The summed E-state index contributed by atoms with van der Waals surface area (Å²) in [5.41, 5.74) is 0.642. The molecule has 0 atom stereocenters. The first kappa shape index (κ1) is 14.8. The van der Waals surface area contributed by atoms with Gasteiger partial charge in [0.2, 0.25) is 0 Å². The quantitative estimate of drug-likeness (QED) is 0.602. The monoisotopic (exact) mass is 253 g/mol. The van der Waals surface area contributed by atoms with Crippen molar-refractivity contribution < 1.29 is 8.78 Å². The minimum Gasteiger partial charge on any atom is -0.316 e. The maximum atomic E-state index is 13.4. The van der Waals surface area contributed by atoms with E-state index in [-0.39, 0.29) is 5.41 Å². The summed E-state index contributed by atoms with van der Waals surface area (Å²) in [7, 11) is 0. The van der Waals surface area contributed by atoms with Crippen LogP contribution in [0.5, 0.6) is 0 Å². The lowest BCUT2D eigenvalue weighted by Crippen LogP contribution is -2.29. The molecule has 0 heterocycles. The molecule has 0 aliphatic rings. The second-order valence-corrected chi connectivity index (χ2v) is 5.15. The first-order valence-corrected chi connectivity index (χ1v) is 6.23. The van der Waals surface area contributed by atoms with Crippen LogP contribution >= 0.6 is 0 Å². The van der Waals surface area contributed by atoms with Gasteiger partial charge in [-0.15, -0.1) is 0 Å². The van der Waals surface area contributed by atoms with Crippen molar-refractivity contribution >= 4 is 0 Å². The average molecular weight is 253 g/mol. The number of halogens is 2. The minimum absolute atomic E-state index is 0.0933. The molecule has 1 nitrogen and oxygen atoms in total. The van der Waals surface area contributed by atoms with Crippen LogP contribution in [-0.4, -0.2) is 13.1 Å². The van der Waals surface area contributed by atoms with Crippen LogP contribution < -0.4 is 5.32 Å². The van der Waals surface area contributed by atoms with Gasteiger partial charge in [0.05, 0.1) is 0 Å². The fourth-order valence-electron chi connectivity index (χ4n) is 1.87. The zero-order valence-corrected chi connectivity index (χ0v) is 11.3. The number of rotatable bonds is 6. The van der Waals surface area contributed by atoms with Crippen molar-refractivity contribution in [3.8, 4) is 0 Å². The van der Waals surface area contributed by atoms with Crippen LogP contribution in [0, 0.1) is 17.0 Å². The molecule has 0 saturated heterocycles. The zero-order valence-electron chi connectivity index (χ0n) is 11.3. The molecule has 18 heavy (non-hydrogen) atoms. The van der Waals surface area contributed by atoms with Gasteiger partial charge in [0.1, 0.15) is 11.6 Å². The molecule has 1 N–H and O–H groups in total. The summed E-state index contributed by atoms with van der Waals surface area (Å²) in [5.74, 6) is -0.997. The van der Waals surface area contributed by atoms with Crippen LogP contribution in [0.25, 0.3) is 0 Å². The maximum Gasteiger partial charge on any atom is 0.129 e. The Bertz CT molecular complexity index is 411. The predicted octanol–water partition coefficient (Wildman–Crippen LogP) is 3.70. The number of hydrogen-bond acceptors (Lipinski definition) is 1. The first-order valence-electron chi connectivity index (χ1n) is 6.23. The molecule has 0 saturated carbocycles. The largest absolute Gasteiger partial charge is 0.316 e. The van der Waals surface area contributed by atoms with Crippen LogP contribution in [0.4, 0.5) is 8.78 Å². The van der Waals surface area contributed by atoms with E-state index in [2.05, 4.69) is 25.2 Å². The van der Waals surface area contributed by atoms with Gasteiger partial charge in [-0.3, -0.25) is 0 Å². The molecule has 0 spiro atoms. The van der Waals surface area contributed by atoms with Crippen LogP contribution in [-0.2, 0) is 6.42 Å². The summed E-state index contributed by atoms with van der Waals surface area (Å²) in [6.45, 7) is 7.79.